The number of benzene rings is 1. The van der Waals surface area contributed by atoms with E-state index in [0.717, 1.165) is 19.0 Å². The molecule has 0 bridgehead atoms. The third kappa shape index (κ3) is 1.76. The van der Waals surface area contributed by atoms with Crippen LogP contribution in [0, 0.1) is 11.6 Å². The summed E-state index contributed by atoms with van der Waals surface area (Å²) in [7, 11) is 1.85. The smallest absolute Gasteiger partial charge is 0.151 e. The first kappa shape index (κ1) is 10.2. The summed E-state index contributed by atoms with van der Waals surface area (Å²) < 4.78 is 26.5. The van der Waals surface area contributed by atoms with Gasteiger partial charge in [0.1, 0.15) is 5.82 Å². The molecule has 1 aliphatic rings. The van der Waals surface area contributed by atoms with Crippen LogP contribution in [-0.4, -0.2) is 19.6 Å². The maximum Gasteiger partial charge on any atom is 0.151 e. The fourth-order valence-corrected chi connectivity index (χ4v) is 1.91. The van der Waals surface area contributed by atoms with Crippen molar-refractivity contribution in [3.63, 3.8) is 0 Å². The predicted molar refractivity (Wildman–Crippen MR) is 57.3 cm³/mol. The standard InChI is InChI=1S/C11H14F2N2/c1-3-8-6-15(2)10-5-7(12)4-9(13)11(10)14-8/h4-5,8,14H,3,6H2,1-2H3. The number of hydrogen-bond acceptors (Lipinski definition) is 2. The van der Waals surface area contributed by atoms with Crippen LogP contribution in [0.4, 0.5) is 20.2 Å². The van der Waals surface area contributed by atoms with Gasteiger partial charge in [0.05, 0.1) is 11.4 Å². The SMILES string of the molecule is CCC1CN(C)c2cc(F)cc(F)c2N1. The topological polar surface area (TPSA) is 15.3 Å². The summed E-state index contributed by atoms with van der Waals surface area (Å²) in [6.07, 6.45) is 0.917. The van der Waals surface area contributed by atoms with Crippen LogP contribution in [0.3, 0.4) is 0 Å². The first-order valence-electron chi connectivity index (χ1n) is 5.08. The number of hydrogen-bond donors (Lipinski definition) is 1. The molecular weight excluding hydrogens is 198 g/mol. The summed E-state index contributed by atoms with van der Waals surface area (Å²) >= 11 is 0. The van der Waals surface area contributed by atoms with Crippen LogP contribution < -0.4 is 10.2 Å². The number of fused-ring (bicyclic) bond motifs is 1. The molecule has 1 N–H and O–H groups in total. The first-order valence-corrected chi connectivity index (χ1v) is 5.08. The van der Waals surface area contributed by atoms with Gasteiger partial charge in [0.2, 0.25) is 0 Å². The van der Waals surface area contributed by atoms with Gasteiger partial charge in [-0.1, -0.05) is 6.92 Å². The van der Waals surface area contributed by atoms with E-state index in [4.69, 9.17) is 0 Å². The molecule has 1 aromatic carbocycles. The van der Waals surface area contributed by atoms with E-state index < -0.39 is 11.6 Å². The van der Waals surface area contributed by atoms with Gasteiger partial charge >= 0.3 is 0 Å². The van der Waals surface area contributed by atoms with Crippen molar-refractivity contribution in [1.82, 2.24) is 0 Å². The highest BCUT2D eigenvalue weighted by atomic mass is 19.1. The number of nitrogens with one attached hydrogen (secondary N) is 1. The van der Waals surface area contributed by atoms with E-state index >= 15 is 0 Å². The molecule has 1 aromatic rings. The minimum atomic E-state index is -0.533. The van der Waals surface area contributed by atoms with Crippen molar-refractivity contribution < 1.29 is 8.78 Å². The number of rotatable bonds is 1. The Hall–Kier alpha value is -1.32. The second kappa shape index (κ2) is 3.68. The van der Waals surface area contributed by atoms with Gasteiger partial charge in [-0.05, 0) is 12.5 Å². The van der Waals surface area contributed by atoms with Gasteiger partial charge in [0, 0.05) is 25.7 Å². The number of likely N-dealkylation sites (N-methyl/N-ethyl adjacent to an activating group) is 1. The van der Waals surface area contributed by atoms with E-state index in [2.05, 4.69) is 5.32 Å². The minimum absolute atomic E-state index is 0.225. The van der Waals surface area contributed by atoms with Gasteiger partial charge in [-0.25, -0.2) is 8.78 Å². The van der Waals surface area contributed by atoms with Gasteiger partial charge in [0.25, 0.3) is 0 Å². The lowest BCUT2D eigenvalue weighted by molar-refractivity contribution is 0.572. The van der Waals surface area contributed by atoms with Crippen molar-refractivity contribution >= 4 is 11.4 Å². The second-order valence-electron chi connectivity index (χ2n) is 3.91. The average Bonchev–Trinajstić information content (AvgIpc) is 2.19. The predicted octanol–water partition coefficient (Wildman–Crippen LogP) is 2.61. The second-order valence-corrected chi connectivity index (χ2v) is 3.91. The molecule has 0 radical (unpaired) electrons. The number of anilines is 2. The Morgan fingerprint density at radius 1 is 1.47 bits per heavy atom. The molecule has 1 atom stereocenters. The van der Waals surface area contributed by atoms with Crippen LogP contribution in [0.2, 0.25) is 0 Å². The van der Waals surface area contributed by atoms with Crippen molar-refractivity contribution in [3.8, 4) is 0 Å². The highest BCUT2D eigenvalue weighted by molar-refractivity contribution is 5.73. The molecule has 1 heterocycles. The molecule has 1 unspecified atom stereocenters. The molecule has 0 aliphatic carbocycles. The molecule has 82 valence electrons. The molecule has 2 nitrogen and oxygen atoms in total. The zero-order valence-corrected chi connectivity index (χ0v) is 8.85. The highest BCUT2D eigenvalue weighted by Gasteiger charge is 2.23. The third-order valence-electron chi connectivity index (χ3n) is 2.78. The fourth-order valence-electron chi connectivity index (χ4n) is 1.91. The Morgan fingerprint density at radius 2 is 2.20 bits per heavy atom. The molecule has 0 saturated carbocycles. The van der Waals surface area contributed by atoms with Crippen LogP contribution in [0.15, 0.2) is 12.1 Å². The third-order valence-corrected chi connectivity index (χ3v) is 2.78. The summed E-state index contributed by atoms with van der Waals surface area (Å²) in [5.41, 5.74) is 1.01. The van der Waals surface area contributed by atoms with Crippen molar-refractivity contribution in [3.05, 3.63) is 23.8 Å². The van der Waals surface area contributed by atoms with Crippen molar-refractivity contribution in [2.75, 3.05) is 23.8 Å². The van der Waals surface area contributed by atoms with Crippen molar-refractivity contribution in [2.24, 2.45) is 0 Å². The number of nitrogens with zero attached hydrogens (tertiary/aromatic N) is 1. The van der Waals surface area contributed by atoms with Crippen LogP contribution in [0.5, 0.6) is 0 Å². The van der Waals surface area contributed by atoms with Crippen molar-refractivity contribution in [1.29, 1.82) is 0 Å². The van der Waals surface area contributed by atoms with E-state index in [-0.39, 0.29) is 6.04 Å². The summed E-state index contributed by atoms with van der Waals surface area (Å²) in [5, 5.41) is 3.09. The Kier molecular flexibility index (Phi) is 2.50. The van der Waals surface area contributed by atoms with E-state index in [1.807, 2.05) is 18.9 Å². The maximum absolute atomic E-state index is 13.5. The molecule has 1 aliphatic heterocycles. The van der Waals surface area contributed by atoms with Crippen LogP contribution in [0.25, 0.3) is 0 Å². The molecule has 4 heteroatoms. The largest absolute Gasteiger partial charge is 0.376 e. The molecule has 0 saturated heterocycles. The molecule has 2 rings (SSSR count). The Morgan fingerprint density at radius 3 is 2.87 bits per heavy atom. The first-order chi connectivity index (χ1) is 7.11. The Labute approximate surface area is 87.9 Å². The van der Waals surface area contributed by atoms with Crippen LogP contribution in [-0.2, 0) is 0 Å². The molecule has 15 heavy (non-hydrogen) atoms. The maximum atomic E-state index is 13.5. The zero-order chi connectivity index (χ0) is 11.0. The molecule has 0 fully saturated rings. The lowest BCUT2D eigenvalue weighted by Gasteiger charge is -2.34. The van der Waals surface area contributed by atoms with E-state index in [0.29, 0.717) is 11.4 Å². The molecule has 0 amide bonds. The molecular formula is C11H14F2N2. The summed E-state index contributed by atoms with van der Waals surface area (Å²) in [4.78, 5) is 1.88. The monoisotopic (exact) mass is 212 g/mol. The van der Waals surface area contributed by atoms with Gasteiger partial charge in [-0.15, -0.1) is 0 Å². The van der Waals surface area contributed by atoms with Gasteiger partial charge < -0.3 is 10.2 Å². The normalized spacial score (nSPS) is 19.7. The Bertz CT molecular complexity index is 379. The van der Waals surface area contributed by atoms with Crippen molar-refractivity contribution in [2.45, 2.75) is 19.4 Å². The van der Waals surface area contributed by atoms with Gasteiger partial charge in [-0.3, -0.25) is 0 Å². The van der Waals surface area contributed by atoms with E-state index in [1.165, 1.54) is 6.07 Å². The zero-order valence-electron chi connectivity index (χ0n) is 8.85. The van der Waals surface area contributed by atoms with Gasteiger partial charge in [-0.2, -0.15) is 0 Å². The molecule has 0 spiro atoms. The summed E-state index contributed by atoms with van der Waals surface area (Å²) in [6, 6.07) is 2.50. The average molecular weight is 212 g/mol. The van der Waals surface area contributed by atoms with Crippen LogP contribution >= 0.6 is 0 Å². The summed E-state index contributed by atoms with van der Waals surface area (Å²) in [5.74, 6) is -1.05. The minimum Gasteiger partial charge on any atom is -0.376 e. The highest BCUT2D eigenvalue weighted by Crippen LogP contribution is 2.33. The Balaban J connectivity index is 2.45. The van der Waals surface area contributed by atoms with Crippen LogP contribution in [0.1, 0.15) is 13.3 Å². The number of halogens is 2. The van der Waals surface area contributed by atoms with E-state index in [1.54, 1.807) is 0 Å². The van der Waals surface area contributed by atoms with Gasteiger partial charge in [0.15, 0.2) is 5.82 Å². The quantitative estimate of drug-likeness (QED) is 0.769. The van der Waals surface area contributed by atoms with E-state index in [9.17, 15) is 8.78 Å². The fraction of sp³-hybridized carbons (Fsp3) is 0.455. The summed E-state index contributed by atoms with van der Waals surface area (Å²) in [6.45, 7) is 2.81. The lowest BCUT2D eigenvalue weighted by Crippen LogP contribution is -2.39. The molecule has 0 aromatic heterocycles. The lowest BCUT2D eigenvalue weighted by atomic mass is 10.1.